The molecule has 0 amide bonds. The number of methoxy groups -OCH3 is 1. The van der Waals surface area contributed by atoms with Crippen molar-refractivity contribution in [1.29, 1.82) is 0 Å². The number of rotatable bonds is 5. The predicted octanol–water partition coefficient (Wildman–Crippen LogP) is 2.97. The highest BCUT2D eigenvalue weighted by atomic mass is 19.1. The van der Waals surface area contributed by atoms with E-state index >= 15 is 4.39 Å². The number of hydrogen-bond acceptors (Lipinski definition) is 9. The first kappa shape index (κ1) is 22.4. The quantitative estimate of drug-likeness (QED) is 0.609. The van der Waals surface area contributed by atoms with Crippen molar-refractivity contribution in [3.63, 3.8) is 0 Å². The van der Waals surface area contributed by atoms with Crippen molar-refractivity contribution in [2.24, 2.45) is 5.92 Å². The third kappa shape index (κ3) is 3.62. The zero-order valence-corrected chi connectivity index (χ0v) is 19.7. The number of phenolic OH excluding ortho intramolecular Hbond substituents is 1. The van der Waals surface area contributed by atoms with Crippen LogP contribution in [-0.2, 0) is 0 Å². The fourth-order valence-electron chi connectivity index (χ4n) is 5.28. The lowest BCUT2D eigenvalue weighted by Gasteiger charge is -2.58. The van der Waals surface area contributed by atoms with Crippen LogP contribution in [-0.4, -0.2) is 80.7 Å². The van der Waals surface area contributed by atoms with Crippen LogP contribution in [0.1, 0.15) is 19.8 Å². The number of fused-ring (bicyclic) bond motifs is 3. The number of benzene rings is 1. The van der Waals surface area contributed by atoms with Crippen LogP contribution in [0.2, 0.25) is 0 Å². The van der Waals surface area contributed by atoms with Crippen LogP contribution >= 0.6 is 0 Å². The van der Waals surface area contributed by atoms with Gasteiger partial charge in [0.15, 0.2) is 11.6 Å². The third-order valence-electron chi connectivity index (χ3n) is 7.50. The van der Waals surface area contributed by atoms with Gasteiger partial charge in [0.1, 0.15) is 18.2 Å². The Balaban J connectivity index is 1.37. The summed E-state index contributed by atoms with van der Waals surface area (Å²) in [6, 6.07) is 8.67. The molecule has 6 rings (SSSR count). The molecular formula is C24H28FN7O2. The van der Waals surface area contributed by atoms with E-state index in [9.17, 15) is 5.11 Å². The lowest BCUT2D eigenvalue weighted by atomic mass is 9.67. The number of anilines is 1. The van der Waals surface area contributed by atoms with Gasteiger partial charge in [0.25, 0.3) is 0 Å². The van der Waals surface area contributed by atoms with Crippen molar-refractivity contribution in [1.82, 2.24) is 30.0 Å². The van der Waals surface area contributed by atoms with E-state index in [0.717, 1.165) is 19.4 Å². The van der Waals surface area contributed by atoms with E-state index < -0.39 is 11.7 Å². The molecule has 2 bridgehead atoms. The number of phenols is 1. The predicted molar refractivity (Wildman–Crippen MR) is 125 cm³/mol. The molecule has 1 saturated carbocycles. The van der Waals surface area contributed by atoms with E-state index in [1.165, 1.54) is 13.4 Å². The van der Waals surface area contributed by atoms with Crippen LogP contribution in [0.3, 0.4) is 0 Å². The maximum absolute atomic E-state index is 15.6. The molecule has 4 atom stereocenters. The van der Waals surface area contributed by atoms with Gasteiger partial charge in [-0.05, 0) is 57.0 Å². The molecule has 34 heavy (non-hydrogen) atoms. The highest BCUT2D eigenvalue weighted by Crippen LogP contribution is 2.46. The molecule has 3 aliphatic rings. The molecule has 2 saturated heterocycles. The van der Waals surface area contributed by atoms with Crippen LogP contribution in [0.15, 0.2) is 36.7 Å². The Labute approximate surface area is 197 Å². The topological polar surface area (TPSA) is 100 Å². The molecule has 10 heteroatoms. The van der Waals surface area contributed by atoms with Crippen molar-refractivity contribution in [2.75, 3.05) is 32.6 Å². The molecule has 178 valence electrons. The minimum atomic E-state index is -0.970. The number of halogens is 1. The summed E-state index contributed by atoms with van der Waals surface area (Å²) in [7, 11) is 5.38. The van der Waals surface area contributed by atoms with Crippen molar-refractivity contribution in [3.8, 4) is 34.4 Å². The Hall–Kier alpha value is -3.40. The Morgan fingerprint density at radius 1 is 1.21 bits per heavy atom. The summed E-state index contributed by atoms with van der Waals surface area (Å²) in [5.41, 5.74) is 1.21. The maximum atomic E-state index is 15.6. The lowest BCUT2D eigenvalue weighted by molar-refractivity contribution is -0.0816. The molecule has 3 fully saturated rings. The molecule has 4 heterocycles. The smallest absolute Gasteiger partial charge is 0.319 e. The second-order valence-corrected chi connectivity index (χ2v) is 9.34. The fraction of sp³-hybridized carbons (Fsp3) is 0.458. The molecule has 2 aromatic heterocycles. The van der Waals surface area contributed by atoms with Gasteiger partial charge in [0.05, 0.1) is 24.4 Å². The van der Waals surface area contributed by atoms with Gasteiger partial charge in [-0.2, -0.15) is 9.97 Å². The number of aromatic hydroxyl groups is 1. The van der Waals surface area contributed by atoms with Crippen molar-refractivity contribution >= 4 is 5.82 Å². The summed E-state index contributed by atoms with van der Waals surface area (Å²) in [5.74, 6) is 1.28. The van der Waals surface area contributed by atoms with Gasteiger partial charge in [-0.1, -0.05) is 6.07 Å². The zero-order chi connectivity index (χ0) is 24.0. The summed E-state index contributed by atoms with van der Waals surface area (Å²) < 4.78 is 20.6. The summed E-state index contributed by atoms with van der Waals surface area (Å²) in [6.45, 7) is 2.90. The van der Waals surface area contributed by atoms with Crippen LogP contribution in [0.4, 0.5) is 10.2 Å². The lowest BCUT2D eigenvalue weighted by Crippen LogP contribution is -2.70. The number of hydrogen-bond donors (Lipinski definition) is 1. The molecular weight excluding hydrogens is 437 g/mol. The van der Waals surface area contributed by atoms with Gasteiger partial charge < -0.3 is 14.7 Å². The Bertz CT molecular complexity index is 1190. The Morgan fingerprint density at radius 2 is 2.03 bits per heavy atom. The summed E-state index contributed by atoms with van der Waals surface area (Å²) in [4.78, 5) is 16.3. The minimum Gasteiger partial charge on any atom is -0.507 e. The minimum absolute atomic E-state index is 0.0247. The van der Waals surface area contributed by atoms with Gasteiger partial charge >= 0.3 is 6.01 Å². The molecule has 2 aliphatic heterocycles. The van der Waals surface area contributed by atoms with Crippen molar-refractivity contribution in [3.05, 3.63) is 36.7 Å². The Morgan fingerprint density at radius 3 is 2.71 bits per heavy atom. The Kier molecular flexibility index (Phi) is 5.55. The van der Waals surface area contributed by atoms with Crippen LogP contribution < -0.4 is 9.64 Å². The maximum Gasteiger partial charge on any atom is 0.319 e. The molecule has 3 aromatic rings. The van der Waals surface area contributed by atoms with Crippen molar-refractivity contribution < 1.29 is 14.2 Å². The van der Waals surface area contributed by atoms with Crippen molar-refractivity contribution in [2.45, 2.75) is 37.5 Å². The number of nitrogens with zero attached hydrogens (tertiary/aromatic N) is 7. The second-order valence-electron chi connectivity index (χ2n) is 9.34. The molecule has 1 unspecified atom stereocenters. The second kappa shape index (κ2) is 8.43. The highest BCUT2D eigenvalue weighted by Gasteiger charge is 2.55. The molecule has 1 aliphatic carbocycles. The average Bonchev–Trinajstić information content (AvgIpc) is 2.85. The summed E-state index contributed by atoms with van der Waals surface area (Å²) in [6.07, 6.45) is 2.26. The first-order chi connectivity index (χ1) is 16.3. The van der Waals surface area contributed by atoms with Gasteiger partial charge in [0, 0.05) is 24.7 Å². The fourth-order valence-corrected chi connectivity index (χ4v) is 5.28. The number of alkyl halides is 1. The van der Waals surface area contributed by atoms with Crippen LogP contribution in [0.5, 0.6) is 11.8 Å². The average molecular weight is 466 g/mol. The van der Waals surface area contributed by atoms with Gasteiger partial charge in [0.2, 0.25) is 0 Å². The molecule has 0 radical (unpaired) electrons. The van der Waals surface area contributed by atoms with E-state index in [2.05, 4.69) is 30.0 Å². The highest BCUT2D eigenvalue weighted by molar-refractivity contribution is 5.72. The molecule has 1 N–H and O–H groups in total. The molecule has 0 spiro atoms. The normalized spacial score (nSPS) is 26.4. The van der Waals surface area contributed by atoms with E-state index in [-0.39, 0.29) is 23.7 Å². The van der Waals surface area contributed by atoms with Gasteiger partial charge in [-0.3, -0.25) is 4.90 Å². The summed E-state index contributed by atoms with van der Waals surface area (Å²) in [5, 5.41) is 19.3. The third-order valence-corrected chi connectivity index (χ3v) is 7.50. The van der Waals surface area contributed by atoms with E-state index in [1.54, 1.807) is 24.3 Å². The zero-order valence-electron chi connectivity index (χ0n) is 19.7. The standard InChI is InChI=1S/C24H28FN7O2/c1-24-10-9-15(12-31(24)2)20(21(24)25)32(3)19-8-7-17(29-30-19)16-6-5-14(11-18(16)33)22-26-13-27-23(28-22)34-4/h5-8,11,13,15,20-21,33H,9-10,12H2,1-4H3/t15?,20-,21-,24-/m0/s1. The largest absolute Gasteiger partial charge is 0.507 e. The van der Waals surface area contributed by atoms with E-state index in [0.29, 0.717) is 28.5 Å². The van der Waals surface area contributed by atoms with Gasteiger partial charge in [-0.15, -0.1) is 10.2 Å². The number of aromatic nitrogens is 5. The van der Waals surface area contributed by atoms with Gasteiger partial charge in [-0.25, -0.2) is 9.37 Å². The van der Waals surface area contributed by atoms with Crippen LogP contribution in [0.25, 0.3) is 22.6 Å². The number of ether oxygens (including phenoxy) is 1. The summed E-state index contributed by atoms with van der Waals surface area (Å²) >= 11 is 0. The first-order valence-electron chi connectivity index (χ1n) is 11.3. The van der Waals surface area contributed by atoms with E-state index in [4.69, 9.17) is 4.74 Å². The van der Waals surface area contributed by atoms with Crippen LogP contribution in [0, 0.1) is 5.92 Å². The van der Waals surface area contributed by atoms with E-state index in [1.807, 2.05) is 32.0 Å². The SMILES string of the molecule is COc1ncnc(-c2ccc(-c3ccc(N(C)[C@H]4C5CC[C@@](C)([C@H]4F)N(C)C5)nn3)c(O)c2)n1. The molecule has 9 nitrogen and oxygen atoms in total. The molecule has 1 aromatic carbocycles. The first-order valence-corrected chi connectivity index (χ1v) is 11.3. The monoisotopic (exact) mass is 465 g/mol. The number of piperidine rings is 2.